The number of carboxylic acids is 1. The molecule has 0 aliphatic heterocycles. The van der Waals surface area contributed by atoms with Crippen molar-refractivity contribution in [2.24, 2.45) is 0 Å². The van der Waals surface area contributed by atoms with E-state index in [0.29, 0.717) is 16.5 Å². The van der Waals surface area contributed by atoms with Crippen molar-refractivity contribution in [2.75, 3.05) is 5.32 Å². The van der Waals surface area contributed by atoms with Gasteiger partial charge in [-0.05, 0) is 30.3 Å². The minimum Gasteiger partial charge on any atom is -0.478 e. The molecule has 2 aromatic rings. The summed E-state index contributed by atoms with van der Waals surface area (Å²) < 4.78 is 0. The van der Waals surface area contributed by atoms with Crippen molar-refractivity contribution in [3.05, 3.63) is 53.3 Å². The number of nitrogens with one attached hydrogen (secondary N) is 1. The van der Waals surface area contributed by atoms with Crippen LogP contribution in [0.4, 0.5) is 11.6 Å². The molecule has 5 nitrogen and oxygen atoms in total. The Balaban J connectivity index is 2.06. The third-order valence-corrected chi connectivity index (χ3v) is 2.44. The summed E-state index contributed by atoms with van der Waals surface area (Å²) in [5, 5.41) is 12.2. The molecule has 0 spiro atoms. The Morgan fingerprint density at radius 3 is 2.42 bits per heavy atom. The van der Waals surface area contributed by atoms with Gasteiger partial charge in [-0.25, -0.2) is 14.8 Å². The fourth-order valence-electron chi connectivity index (χ4n) is 1.32. The van der Waals surface area contributed by atoms with Crippen LogP contribution < -0.4 is 5.32 Å². The van der Waals surface area contributed by atoms with Gasteiger partial charge in [0.2, 0.25) is 5.95 Å². The third-order valence-electron chi connectivity index (χ3n) is 2.19. The molecule has 0 atom stereocenters. The molecule has 0 saturated carbocycles. The second kappa shape index (κ2) is 5.97. The van der Waals surface area contributed by atoms with Crippen LogP contribution in [0.2, 0.25) is 5.02 Å². The molecular weight excluding hydrogens is 266 g/mol. The molecule has 1 aromatic carbocycles. The van der Waals surface area contributed by atoms with Gasteiger partial charge in [-0.3, -0.25) is 0 Å². The molecule has 1 heterocycles. The number of rotatable bonds is 4. The summed E-state index contributed by atoms with van der Waals surface area (Å²) in [4.78, 5) is 18.5. The highest BCUT2D eigenvalue weighted by molar-refractivity contribution is 6.30. The van der Waals surface area contributed by atoms with E-state index in [1.807, 2.05) is 12.1 Å². The summed E-state index contributed by atoms with van der Waals surface area (Å²) in [6.45, 7) is 0. The maximum atomic E-state index is 10.4. The molecule has 1 aromatic heterocycles. The lowest BCUT2D eigenvalue weighted by atomic mass is 10.3. The van der Waals surface area contributed by atoms with Crippen molar-refractivity contribution in [3.63, 3.8) is 0 Å². The number of halogens is 1. The first-order chi connectivity index (χ1) is 9.13. The topological polar surface area (TPSA) is 75.1 Å². The number of aliphatic carboxylic acids is 1. The molecule has 6 heteroatoms. The van der Waals surface area contributed by atoms with Gasteiger partial charge >= 0.3 is 5.97 Å². The van der Waals surface area contributed by atoms with E-state index in [1.54, 1.807) is 12.1 Å². The Labute approximate surface area is 114 Å². The zero-order valence-electron chi connectivity index (χ0n) is 9.75. The van der Waals surface area contributed by atoms with Crippen molar-refractivity contribution in [3.8, 4) is 0 Å². The van der Waals surface area contributed by atoms with Gasteiger partial charge in [0.1, 0.15) is 0 Å². The molecule has 0 bridgehead atoms. The smallest absolute Gasteiger partial charge is 0.328 e. The summed E-state index contributed by atoms with van der Waals surface area (Å²) in [5.41, 5.74) is 1.43. The monoisotopic (exact) mass is 275 g/mol. The highest BCUT2D eigenvalue weighted by Gasteiger charge is 1.98. The number of benzene rings is 1. The van der Waals surface area contributed by atoms with Crippen molar-refractivity contribution in [1.82, 2.24) is 9.97 Å². The minimum absolute atomic E-state index is 0.426. The summed E-state index contributed by atoms with van der Waals surface area (Å²) in [6, 6.07) is 7.13. The van der Waals surface area contributed by atoms with Crippen LogP contribution in [0, 0.1) is 0 Å². The lowest BCUT2D eigenvalue weighted by molar-refractivity contribution is -0.131. The fourth-order valence-corrected chi connectivity index (χ4v) is 1.44. The van der Waals surface area contributed by atoms with E-state index in [2.05, 4.69) is 15.3 Å². The first-order valence-corrected chi connectivity index (χ1v) is 5.77. The van der Waals surface area contributed by atoms with E-state index in [-0.39, 0.29) is 0 Å². The van der Waals surface area contributed by atoms with Crippen molar-refractivity contribution < 1.29 is 9.90 Å². The van der Waals surface area contributed by atoms with Gasteiger partial charge in [0.15, 0.2) is 0 Å². The van der Waals surface area contributed by atoms with Crippen molar-refractivity contribution in [1.29, 1.82) is 0 Å². The number of nitrogens with zero attached hydrogens (tertiary/aromatic N) is 2. The van der Waals surface area contributed by atoms with E-state index in [1.165, 1.54) is 18.5 Å². The van der Waals surface area contributed by atoms with Gasteiger partial charge in [-0.15, -0.1) is 0 Å². The third kappa shape index (κ3) is 4.08. The number of hydrogen-bond acceptors (Lipinski definition) is 4. The summed E-state index contributed by atoms with van der Waals surface area (Å²) in [5.74, 6) is -0.585. The number of carbonyl (C=O) groups is 1. The molecular formula is C13H10ClN3O2. The molecule has 2 N–H and O–H groups in total. The summed E-state index contributed by atoms with van der Waals surface area (Å²) in [7, 11) is 0. The Hall–Kier alpha value is -2.40. The van der Waals surface area contributed by atoms with Crippen LogP contribution in [-0.2, 0) is 4.79 Å². The largest absolute Gasteiger partial charge is 0.478 e. The summed E-state index contributed by atoms with van der Waals surface area (Å²) in [6.07, 6.45) is 5.52. The second-order valence-corrected chi connectivity index (χ2v) is 4.08. The van der Waals surface area contributed by atoms with Crippen LogP contribution in [0.5, 0.6) is 0 Å². The Morgan fingerprint density at radius 2 is 1.84 bits per heavy atom. The van der Waals surface area contributed by atoms with Crippen LogP contribution in [0.25, 0.3) is 6.08 Å². The van der Waals surface area contributed by atoms with Crippen LogP contribution in [0.3, 0.4) is 0 Å². The van der Waals surface area contributed by atoms with Gasteiger partial charge < -0.3 is 10.4 Å². The number of hydrogen-bond donors (Lipinski definition) is 2. The molecule has 0 unspecified atom stereocenters. The van der Waals surface area contributed by atoms with Crippen molar-refractivity contribution >= 4 is 35.3 Å². The lowest BCUT2D eigenvalue weighted by Crippen LogP contribution is -1.96. The fraction of sp³-hybridized carbons (Fsp3) is 0. The molecule has 2 rings (SSSR count). The standard InChI is InChI=1S/C13H10ClN3O2/c14-10-2-4-11(5-3-10)17-13-15-7-9(8-16-13)1-6-12(18)19/h1-8H,(H,18,19)(H,15,16,17)/b6-1+. The van der Waals surface area contributed by atoms with Gasteiger partial charge in [0.25, 0.3) is 0 Å². The molecule has 0 aliphatic carbocycles. The molecule has 0 fully saturated rings. The molecule has 19 heavy (non-hydrogen) atoms. The normalized spacial score (nSPS) is 10.6. The van der Waals surface area contributed by atoms with Gasteiger partial charge in [0, 0.05) is 34.7 Å². The molecule has 0 aliphatic rings. The number of aromatic nitrogens is 2. The summed E-state index contributed by atoms with van der Waals surface area (Å²) >= 11 is 5.78. The molecule has 0 saturated heterocycles. The van der Waals surface area contributed by atoms with Crippen LogP contribution >= 0.6 is 11.6 Å². The first kappa shape index (κ1) is 13.0. The number of anilines is 2. The Kier molecular flexibility index (Phi) is 4.10. The van der Waals surface area contributed by atoms with E-state index >= 15 is 0 Å². The predicted octanol–water partition coefficient (Wildman–Crippen LogP) is 2.97. The minimum atomic E-state index is -1.01. The van der Waals surface area contributed by atoms with Crippen LogP contribution in [0.1, 0.15) is 5.56 Å². The molecule has 0 amide bonds. The molecule has 96 valence electrons. The zero-order valence-corrected chi connectivity index (χ0v) is 10.5. The highest BCUT2D eigenvalue weighted by Crippen LogP contribution is 2.16. The number of carboxylic acid groups (broad SMARTS) is 1. The lowest BCUT2D eigenvalue weighted by Gasteiger charge is -2.04. The second-order valence-electron chi connectivity index (χ2n) is 3.64. The van der Waals surface area contributed by atoms with Crippen LogP contribution in [0.15, 0.2) is 42.7 Å². The van der Waals surface area contributed by atoms with Gasteiger partial charge in [-0.1, -0.05) is 11.6 Å². The SMILES string of the molecule is O=C(O)/C=C/c1cnc(Nc2ccc(Cl)cc2)nc1. The maximum Gasteiger partial charge on any atom is 0.328 e. The van der Waals surface area contributed by atoms with E-state index in [9.17, 15) is 4.79 Å². The maximum absolute atomic E-state index is 10.4. The van der Waals surface area contributed by atoms with E-state index in [4.69, 9.17) is 16.7 Å². The predicted molar refractivity (Wildman–Crippen MR) is 73.4 cm³/mol. The average molecular weight is 276 g/mol. The quantitative estimate of drug-likeness (QED) is 0.839. The zero-order chi connectivity index (χ0) is 13.7. The van der Waals surface area contributed by atoms with E-state index < -0.39 is 5.97 Å². The first-order valence-electron chi connectivity index (χ1n) is 5.39. The van der Waals surface area contributed by atoms with Crippen LogP contribution in [-0.4, -0.2) is 21.0 Å². The van der Waals surface area contributed by atoms with Gasteiger partial charge in [-0.2, -0.15) is 0 Å². The van der Waals surface area contributed by atoms with E-state index in [0.717, 1.165) is 11.8 Å². The Morgan fingerprint density at radius 1 is 1.21 bits per heavy atom. The Bertz CT molecular complexity index is 594. The average Bonchev–Trinajstić information content (AvgIpc) is 2.40. The highest BCUT2D eigenvalue weighted by atomic mass is 35.5. The van der Waals surface area contributed by atoms with Gasteiger partial charge in [0.05, 0.1) is 0 Å². The molecule has 0 radical (unpaired) electrons. The van der Waals surface area contributed by atoms with Crippen molar-refractivity contribution in [2.45, 2.75) is 0 Å².